The molecule has 3 rings (SSSR count). The molecule has 1 saturated heterocycles. The molecule has 1 amide bonds. The quantitative estimate of drug-likeness (QED) is 0.679. The summed E-state index contributed by atoms with van der Waals surface area (Å²) >= 11 is 0. The molecule has 0 unspecified atom stereocenters. The Morgan fingerprint density at radius 2 is 1.54 bits per heavy atom. The van der Waals surface area contributed by atoms with Crippen LogP contribution >= 0.6 is 0 Å². The number of rotatable bonds is 9. The average molecular weight is 381 g/mol. The zero-order chi connectivity index (χ0) is 19.6. The molecule has 1 fully saturated rings. The van der Waals surface area contributed by atoms with Crippen molar-refractivity contribution in [2.45, 2.75) is 13.0 Å². The Balaban J connectivity index is 1.27. The lowest BCUT2D eigenvalue weighted by Crippen LogP contribution is -2.49. The fourth-order valence-corrected chi connectivity index (χ4v) is 3.56. The van der Waals surface area contributed by atoms with Gasteiger partial charge in [0.2, 0.25) is 5.91 Å². The molecule has 1 aliphatic rings. The number of anilines is 1. The first-order valence-corrected chi connectivity index (χ1v) is 10.2. The first-order valence-electron chi connectivity index (χ1n) is 10.2. The van der Waals surface area contributed by atoms with Gasteiger partial charge in [0.25, 0.3) is 0 Å². The van der Waals surface area contributed by atoms with E-state index in [0.717, 1.165) is 52.2 Å². The Hall–Kier alpha value is -2.37. The van der Waals surface area contributed by atoms with E-state index >= 15 is 0 Å². The SMILES string of the molecule is CN(CCCNC(=O)CN1CCN(Cc2ccccc2)CC1)c1ccccc1. The molecule has 1 aliphatic heterocycles. The Kier molecular flexibility index (Phi) is 7.88. The van der Waals surface area contributed by atoms with E-state index in [0.29, 0.717) is 6.54 Å². The molecule has 5 nitrogen and oxygen atoms in total. The molecular weight excluding hydrogens is 348 g/mol. The third-order valence-electron chi connectivity index (χ3n) is 5.27. The maximum Gasteiger partial charge on any atom is 0.234 e. The van der Waals surface area contributed by atoms with Crippen LogP contribution in [-0.2, 0) is 11.3 Å². The highest BCUT2D eigenvalue weighted by molar-refractivity contribution is 5.78. The van der Waals surface area contributed by atoms with Crippen LogP contribution in [0.25, 0.3) is 0 Å². The maximum absolute atomic E-state index is 12.2. The van der Waals surface area contributed by atoms with Crippen molar-refractivity contribution in [2.24, 2.45) is 0 Å². The molecule has 0 spiro atoms. The van der Waals surface area contributed by atoms with Gasteiger partial charge in [-0.1, -0.05) is 48.5 Å². The third kappa shape index (κ3) is 6.66. The average Bonchev–Trinajstić information content (AvgIpc) is 2.74. The molecule has 2 aromatic carbocycles. The fourth-order valence-electron chi connectivity index (χ4n) is 3.56. The van der Waals surface area contributed by atoms with Crippen molar-refractivity contribution < 1.29 is 4.79 Å². The summed E-state index contributed by atoms with van der Waals surface area (Å²) in [6, 6.07) is 20.9. The number of para-hydroxylation sites is 1. The molecule has 0 aliphatic carbocycles. The molecule has 0 atom stereocenters. The van der Waals surface area contributed by atoms with Gasteiger partial charge in [0.05, 0.1) is 6.54 Å². The fraction of sp³-hybridized carbons (Fsp3) is 0.435. The number of carbonyl (C=O) groups excluding carboxylic acids is 1. The van der Waals surface area contributed by atoms with Gasteiger partial charge in [0.15, 0.2) is 0 Å². The highest BCUT2D eigenvalue weighted by Crippen LogP contribution is 2.11. The van der Waals surface area contributed by atoms with Gasteiger partial charge >= 0.3 is 0 Å². The van der Waals surface area contributed by atoms with E-state index in [-0.39, 0.29) is 5.91 Å². The van der Waals surface area contributed by atoms with E-state index in [4.69, 9.17) is 0 Å². The monoisotopic (exact) mass is 380 g/mol. The van der Waals surface area contributed by atoms with Crippen molar-refractivity contribution in [1.82, 2.24) is 15.1 Å². The minimum absolute atomic E-state index is 0.138. The summed E-state index contributed by atoms with van der Waals surface area (Å²) in [6.07, 6.45) is 0.946. The van der Waals surface area contributed by atoms with Crippen molar-refractivity contribution in [3.63, 3.8) is 0 Å². The van der Waals surface area contributed by atoms with Gasteiger partial charge in [-0.2, -0.15) is 0 Å². The maximum atomic E-state index is 12.2. The predicted octanol–water partition coefficient (Wildman–Crippen LogP) is 2.45. The smallest absolute Gasteiger partial charge is 0.234 e. The summed E-state index contributed by atoms with van der Waals surface area (Å²) in [7, 11) is 2.09. The zero-order valence-electron chi connectivity index (χ0n) is 16.9. The van der Waals surface area contributed by atoms with Gasteiger partial charge in [-0.15, -0.1) is 0 Å². The van der Waals surface area contributed by atoms with Crippen LogP contribution in [0.3, 0.4) is 0 Å². The van der Waals surface area contributed by atoms with Crippen LogP contribution in [0.5, 0.6) is 0 Å². The van der Waals surface area contributed by atoms with Crippen LogP contribution < -0.4 is 10.2 Å². The standard InChI is InChI=1S/C23H32N4O/c1-25(22-11-6-3-7-12-22)14-8-13-24-23(28)20-27-17-15-26(16-18-27)19-21-9-4-2-5-10-21/h2-7,9-12H,8,13-20H2,1H3,(H,24,28). The van der Waals surface area contributed by atoms with Gasteiger partial charge in [-0.3, -0.25) is 14.6 Å². The van der Waals surface area contributed by atoms with E-state index in [9.17, 15) is 4.79 Å². The van der Waals surface area contributed by atoms with Crippen molar-refractivity contribution >= 4 is 11.6 Å². The van der Waals surface area contributed by atoms with E-state index < -0.39 is 0 Å². The second kappa shape index (κ2) is 10.8. The lowest BCUT2D eigenvalue weighted by atomic mass is 10.2. The largest absolute Gasteiger partial charge is 0.375 e. The molecule has 28 heavy (non-hydrogen) atoms. The van der Waals surface area contributed by atoms with Crippen LogP contribution in [0.2, 0.25) is 0 Å². The van der Waals surface area contributed by atoms with Gasteiger partial charge in [-0.25, -0.2) is 0 Å². The Bertz CT molecular complexity index is 699. The molecule has 0 saturated carbocycles. The molecule has 2 aromatic rings. The third-order valence-corrected chi connectivity index (χ3v) is 5.27. The highest BCUT2D eigenvalue weighted by atomic mass is 16.2. The van der Waals surface area contributed by atoms with Crippen molar-refractivity contribution in [1.29, 1.82) is 0 Å². The van der Waals surface area contributed by atoms with Crippen LogP contribution in [0, 0.1) is 0 Å². The summed E-state index contributed by atoms with van der Waals surface area (Å²) < 4.78 is 0. The summed E-state index contributed by atoms with van der Waals surface area (Å²) in [5, 5.41) is 3.07. The van der Waals surface area contributed by atoms with Gasteiger partial charge < -0.3 is 10.2 Å². The topological polar surface area (TPSA) is 38.8 Å². The zero-order valence-corrected chi connectivity index (χ0v) is 16.9. The molecule has 5 heteroatoms. The minimum Gasteiger partial charge on any atom is -0.375 e. The second-order valence-electron chi connectivity index (χ2n) is 7.50. The van der Waals surface area contributed by atoms with Gasteiger partial charge in [-0.05, 0) is 24.1 Å². The number of hydrogen-bond donors (Lipinski definition) is 1. The Morgan fingerprint density at radius 3 is 2.21 bits per heavy atom. The first-order chi connectivity index (χ1) is 13.7. The number of nitrogens with one attached hydrogen (secondary N) is 1. The summed E-state index contributed by atoms with van der Waals surface area (Å²) in [5.74, 6) is 0.138. The molecule has 0 radical (unpaired) electrons. The van der Waals surface area contributed by atoms with Gasteiger partial charge in [0, 0.05) is 58.5 Å². The van der Waals surface area contributed by atoms with Crippen LogP contribution in [0.15, 0.2) is 60.7 Å². The Morgan fingerprint density at radius 1 is 0.929 bits per heavy atom. The van der Waals surface area contributed by atoms with Crippen LogP contribution in [0.1, 0.15) is 12.0 Å². The van der Waals surface area contributed by atoms with Crippen LogP contribution in [-0.4, -0.2) is 68.6 Å². The van der Waals surface area contributed by atoms with Crippen molar-refractivity contribution in [3.05, 3.63) is 66.2 Å². The number of benzene rings is 2. The molecule has 1 heterocycles. The number of nitrogens with zero attached hydrogens (tertiary/aromatic N) is 3. The first kappa shape index (κ1) is 20.4. The van der Waals surface area contributed by atoms with E-state index in [1.54, 1.807) is 0 Å². The second-order valence-corrected chi connectivity index (χ2v) is 7.50. The van der Waals surface area contributed by atoms with Gasteiger partial charge in [0.1, 0.15) is 0 Å². The molecule has 0 bridgehead atoms. The summed E-state index contributed by atoms with van der Waals surface area (Å²) in [4.78, 5) is 19.2. The number of carbonyl (C=O) groups is 1. The molecule has 1 N–H and O–H groups in total. The summed E-state index contributed by atoms with van der Waals surface area (Å²) in [5.41, 5.74) is 2.57. The van der Waals surface area contributed by atoms with E-state index in [1.807, 2.05) is 18.2 Å². The van der Waals surface area contributed by atoms with E-state index in [2.05, 4.69) is 69.5 Å². The number of piperazine rings is 1. The summed E-state index contributed by atoms with van der Waals surface area (Å²) in [6.45, 7) is 7.11. The lowest BCUT2D eigenvalue weighted by molar-refractivity contribution is -0.122. The van der Waals surface area contributed by atoms with Crippen molar-refractivity contribution in [2.75, 3.05) is 57.8 Å². The minimum atomic E-state index is 0.138. The molecule has 0 aromatic heterocycles. The van der Waals surface area contributed by atoms with Crippen molar-refractivity contribution in [3.8, 4) is 0 Å². The van der Waals surface area contributed by atoms with E-state index in [1.165, 1.54) is 11.3 Å². The predicted molar refractivity (Wildman–Crippen MR) is 115 cm³/mol. The molecule has 150 valence electrons. The molecular formula is C23H32N4O. The number of amides is 1. The highest BCUT2D eigenvalue weighted by Gasteiger charge is 2.18. The Labute approximate surface area is 168 Å². The van der Waals surface area contributed by atoms with Crippen LogP contribution in [0.4, 0.5) is 5.69 Å². The normalized spacial score (nSPS) is 15.3. The number of hydrogen-bond acceptors (Lipinski definition) is 4. The lowest BCUT2D eigenvalue weighted by Gasteiger charge is -2.34.